The van der Waals surface area contributed by atoms with Gasteiger partial charge in [0.05, 0.1) is 0 Å². The number of nitrogens with two attached hydrogens (primary N) is 1. The van der Waals surface area contributed by atoms with Gasteiger partial charge in [0.25, 0.3) is 0 Å². The van der Waals surface area contributed by atoms with Gasteiger partial charge in [-0.15, -0.1) is 11.8 Å². The summed E-state index contributed by atoms with van der Waals surface area (Å²) in [5.41, 5.74) is 6.73. The highest BCUT2D eigenvalue weighted by molar-refractivity contribution is 7.98. The molecule has 0 amide bonds. The van der Waals surface area contributed by atoms with Crippen molar-refractivity contribution >= 4 is 29.0 Å². The molecule has 0 heterocycles. The van der Waals surface area contributed by atoms with Crippen LogP contribution >= 0.6 is 24.0 Å². The molecule has 0 atom stereocenters. The highest BCUT2D eigenvalue weighted by atomic mass is 32.2. The van der Waals surface area contributed by atoms with Gasteiger partial charge in [-0.1, -0.05) is 24.4 Å². The van der Waals surface area contributed by atoms with Gasteiger partial charge in [0.1, 0.15) is 23.2 Å². The summed E-state index contributed by atoms with van der Waals surface area (Å²) in [7, 11) is 0. The maximum absolute atomic E-state index is 13.5. The molecule has 0 aliphatic heterocycles. The molecule has 0 saturated heterocycles. The Labute approximate surface area is 127 Å². The normalized spacial score (nSPS) is 10.3. The largest absolute Gasteiger partial charge is 0.488 e. The predicted octanol–water partition coefficient (Wildman–Crippen LogP) is 3.76. The minimum Gasteiger partial charge on any atom is -0.488 e. The molecule has 5 heteroatoms. The van der Waals surface area contributed by atoms with Crippen LogP contribution in [0.2, 0.25) is 0 Å². The zero-order valence-electron chi connectivity index (χ0n) is 10.9. The third-order valence-corrected chi connectivity index (χ3v) is 3.72. The lowest BCUT2D eigenvalue weighted by Crippen LogP contribution is -2.10. The molecular formula is C15H14FNOS2. The summed E-state index contributed by atoms with van der Waals surface area (Å²) in [6.45, 7) is 0.269. The number of rotatable bonds is 5. The second-order valence-corrected chi connectivity index (χ2v) is 5.44. The first-order valence-electron chi connectivity index (χ1n) is 5.95. The zero-order valence-corrected chi connectivity index (χ0v) is 12.6. The van der Waals surface area contributed by atoms with Crippen LogP contribution < -0.4 is 10.5 Å². The first kappa shape index (κ1) is 14.8. The number of thioether (sulfide) groups is 1. The van der Waals surface area contributed by atoms with Gasteiger partial charge < -0.3 is 10.5 Å². The number of hydrogen-bond donors (Lipinski definition) is 1. The van der Waals surface area contributed by atoms with Crippen molar-refractivity contribution in [3.8, 4) is 5.75 Å². The fourth-order valence-corrected chi connectivity index (χ4v) is 2.44. The van der Waals surface area contributed by atoms with E-state index in [0.29, 0.717) is 11.1 Å². The van der Waals surface area contributed by atoms with Crippen molar-refractivity contribution in [2.45, 2.75) is 11.5 Å². The maximum atomic E-state index is 13.5. The number of ether oxygens (including phenoxy) is 1. The Hall–Kier alpha value is -1.59. The van der Waals surface area contributed by atoms with E-state index in [1.165, 1.54) is 12.1 Å². The van der Waals surface area contributed by atoms with Crippen LogP contribution in [-0.4, -0.2) is 11.2 Å². The van der Waals surface area contributed by atoms with Crippen LogP contribution in [0.15, 0.2) is 47.4 Å². The van der Waals surface area contributed by atoms with Crippen LogP contribution in [0.5, 0.6) is 5.75 Å². The second kappa shape index (κ2) is 6.72. The quantitative estimate of drug-likeness (QED) is 0.674. The van der Waals surface area contributed by atoms with Crippen LogP contribution in [0.25, 0.3) is 0 Å². The highest BCUT2D eigenvalue weighted by Crippen LogP contribution is 2.27. The Bertz CT molecular complexity index is 631. The van der Waals surface area contributed by atoms with Crippen LogP contribution in [0.3, 0.4) is 0 Å². The van der Waals surface area contributed by atoms with E-state index in [1.807, 2.05) is 30.5 Å². The third-order valence-electron chi connectivity index (χ3n) is 2.71. The summed E-state index contributed by atoms with van der Waals surface area (Å²) in [5.74, 6) is 0.410. The molecule has 2 N–H and O–H groups in total. The van der Waals surface area contributed by atoms with Gasteiger partial charge in [0.2, 0.25) is 0 Å². The molecule has 20 heavy (non-hydrogen) atoms. The second-order valence-electron chi connectivity index (χ2n) is 4.15. The summed E-state index contributed by atoms with van der Waals surface area (Å²) in [6.07, 6.45) is 1.98. The number of para-hydroxylation sites is 1. The molecule has 0 fully saturated rings. The molecule has 2 rings (SSSR count). The van der Waals surface area contributed by atoms with Crippen LogP contribution in [0.1, 0.15) is 11.1 Å². The Morgan fingerprint density at radius 3 is 2.75 bits per heavy atom. The number of benzene rings is 2. The summed E-state index contributed by atoms with van der Waals surface area (Å²) in [4.78, 5) is 1.22. The molecule has 0 bridgehead atoms. The van der Waals surface area contributed by atoms with Crippen molar-refractivity contribution in [3.63, 3.8) is 0 Å². The van der Waals surface area contributed by atoms with Crippen molar-refractivity contribution < 1.29 is 9.13 Å². The van der Waals surface area contributed by atoms with E-state index in [9.17, 15) is 4.39 Å². The number of thiocarbonyl (C=S) groups is 1. The summed E-state index contributed by atoms with van der Waals surface area (Å²) in [5, 5.41) is 0. The Morgan fingerprint density at radius 1 is 1.30 bits per heavy atom. The van der Waals surface area contributed by atoms with Crippen molar-refractivity contribution in [3.05, 3.63) is 59.4 Å². The molecule has 0 saturated carbocycles. The Morgan fingerprint density at radius 2 is 2.05 bits per heavy atom. The number of halogens is 1. The topological polar surface area (TPSA) is 35.2 Å². The summed E-state index contributed by atoms with van der Waals surface area (Å²) < 4.78 is 19.2. The molecule has 104 valence electrons. The first-order chi connectivity index (χ1) is 9.60. The molecule has 0 radical (unpaired) electrons. The van der Waals surface area contributed by atoms with Crippen LogP contribution in [0.4, 0.5) is 4.39 Å². The van der Waals surface area contributed by atoms with E-state index in [1.54, 1.807) is 17.8 Å². The third kappa shape index (κ3) is 3.71. The fourth-order valence-electron chi connectivity index (χ4n) is 1.78. The fraction of sp³-hybridized carbons (Fsp3) is 0.133. The van der Waals surface area contributed by atoms with Crippen molar-refractivity contribution in [1.29, 1.82) is 0 Å². The van der Waals surface area contributed by atoms with Crippen LogP contribution in [-0.2, 0) is 6.61 Å². The Balaban J connectivity index is 2.16. The average molecular weight is 307 g/mol. The van der Waals surface area contributed by atoms with E-state index in [2.05, 4.69) is 0 Å². The van der Waals surface area contributed by atoms with Gasteiger partial charge in [-0.25, -0.2) is 4.39 Å². The molecule has 0 aliphatic carbocycles. The lowest BCUT2D eigenvalue weighted by molar-refractivity contribution is 0.298. The average Bonchev–Trinajstić information content (AvgIpc) is 2.44. The zero-order chi connectivity index (χ0) is 14.5. The number of hydrogen-bond acceptors (Lipinski definition) is 3. The van der Waals surface area contributed by atoms with Crippen molar-refractivity contribution in [1.82, 2.24) is 0 Å². The molecular weight excluding hydrogens is 293 g/mol. The summed E-state index contributed by atoms with van der Waals surface area (Å²) in [6, 6.07) is 12.2. The van der Waals surface area contributed by atoms with E-state index >= 15 is 0 Å². The van der Waals surface area contributed by atoms with E-state index < -0.39 is 0 Å². The maximum Gasteiger partial charge on any atom is 0.133 e. The van der Waals surface area contributed by atoms with E-state index in [0.717, 1.165) is 10.6 Å². The molecule has 2 nitrogen and oxygen atoms in total. The molecule has 2 aromatic rings. The van der Waals surface area contributed by atoms with E-state index in [-0.39, 0.29) is 17.4 Å². The van der Waals surface area contributed by atoms with Crippen LogP contribution in [0, 0.1) is 5.82 Å². The van der Waals surface area contributed by atoms with Gasteiger partial charge in [-0.3, -0.25) is 0 Å². The smallest absolute Gasteiger partial charge is 0.133 e. The lowest BCUT2D eigenvalue weighted by atomic mass is 10.1. The van der Waals surface area contributed by atoms with Gasteiger partial charge in [-0.05, 0) is 42.2 Å². The lowest BCUT2D eigenvalue weighted by Gasteiger charge is -2.10. The van der Waals surface area contributed by atoms with Gasteiger partial charge in [0.15, 0.2) is 0 Å². The summed E-state index contributed by atoms with van der Waals surface area (Å²) >= 11 is 6.47. The SMILES string of the molecule is CSc1ccccc1OCc1cc(F)cc(C(N)=S)c1. The molecule has 0 spiro atoms. The monoisotopic (exact) mass is 307 g/mol. The van der Waals surface area contributed by atoms with Crippen molar-refractivity contribution in [2.75, 3.05) is 6.26 Å². The molecule has 0 aromatic heterocycles. The van der Waals surface area contributed by atoms with Gasteiger partial charge in [0, 0.05) is 10.5 Å². The highest BCUT2D eigenvalue weighted by Gasteiger charge is 2.06. The van der Waals surface area contributed by atoms with Crippen molar-refractivity contribution in [2.24, 2.45) is 5.73 Å². The Kier molecular flexibility index (Phi) is 4.98. The molecule has 2 aromatic carbocycles. The van der Waals surface area contributed by atoms with E-state index in [4.69, 9.17) is 22.7 Å². The van der Waals surface area contributed by atoms with Gasteiger partial charge >= 0.3 is 0 Å². The molecule has 0 unspecified atom stereocenters. The standard InChI is InChI=1S/C15H14FNOS2/c1-20-14-5-3-2-4-13(14)18-9-10-6-11(15(17)19)8-12(16)7-10/h2-8H,9H2,1H3,(H2,17,19). The van der Waals surface area contributed by atoms with Gasteiger partial charge in [-0.2, -0.15) is 0 Å². The minimum atomic E-state index is -0.368. The first-order valence-corrected chi connectivity index (χ1v) is 7.58. The predicted molar refractivity (Wildman–Crippen MR) is 84.8 cm³/mol. The minimum absolute atomic E-state index is 0.176. The molecule has 0 aliphatic rings.